The van der Waals surface area contributed by atoms with Crippen molar-refractivity contribution in [2.75, 3.05) is 6.61 Å². The Kier molecular flexibility index (Phi) is 4.97. The van der Waals surface area contributed by atoms with E-state index in [0.717, 1.165) is 6.42 Å². The largest absolute Gasteiger partial charge is 0.395 e. The molecule has 0 bridgehead atoms. The summed E-state index contributed by atoms with van der Waals surface area (Å²) in [7, 11) is 0. The molecule has 2 atom stereocenters. The zero-order valence-corrected chi connectivity index (χ0v) is 10.7. The zero-order valence-electron chi connectivity index (χ0n) is 10.7. The second-order valence-corrected chi connectivity index (χ2v) is 4.54. The molecule has 2 nitrogen and oxygen atoms in total. The molecule has 90 valence electrons. The van der Waals surface area contributed by atoms with Crippen LogP contribution in [0.25, 0.3) is 0 Å². The van der Waals surface area contributed by atoms with Gasteiger partial charge >= 0.3 is 0 Å². The molecule has 0 spiro atoms. The summed E-state index contributed by atoms with van der Waals surface area (Å²) in [5.41, 5.74) is 3.91. The van der Waals surface area contributed by atoms with Crippen LogP contribution in [-0.4, -0.2) is 17.8 Å². The van der Waals surface area contributed by atoms with Gasteiger partial charge in [0.1, 0.15) is 0 Å². The average molecular weight is 221 g/mol. The number of hydrogen-bond donors (Lipinski definition) is 2. The van der Waals surface area contributed by atoms with Gasteiger partial charge in [-0.1, -0.05) is 30.7 Å². The SMILES string of the molecule is CC[C@@H](CO)NC(C)c1cc(C)ccc1C. The second-order valence-electron chi connectivity index (χ2n) is 4.54. The van der Waals surface area contributed by atoms with Crippen molar-refractivity contribution in [3.05, 3.63) is 34.9 Å². The highest BCUT2D eigenvalue weighted by molar-refractivity contribution is 5.32. The molecule has 1 aromatic rings. The normalized spacial score (nSPS) is 14.8. The van der Waals surface area contributed by atoms with Gasteiger partial charge in [-0.3, -0.25) is 0 Å². The van der Waals surface area contributed by atoms with Gasteiger partial charge in [0, 0.05) is 12.1 Å². The fourth-order valence-corrected chi connectivity index (χ4v) is 1.97. The van der Waals surface area contributed by atoms with E-state index in [1.165, 1.54) is 16.7 Å². The predicted octanol–water partition coefficient (Wildman–Crippen LogP) is 2.72. The lowest BCUT2D eigenvalue weighted by molar-refractivity contribution is 0.230. The van der Waals surface area contributed by atoms with Gasteiger partial charge in [0.05, 0.1) is 6.61 Å². The number of aliphatic hydroxyl groups excluding tert-OH is 1. The Hall–Kier alpha value is -0.860. The molecule has 0 aliphatic carbocycles. The predicted molar refractivity (Wildman–Crippen MR) is 68.6 cm³/mol. The quantitative estimate of drug-likeness (QED) is 0.801. The van der Waals surface area contributed by atoms with Crippen LogP contribution in [-0.2, 0) is 0 Å². The lowest BCUT2D eigenvalue weighted by Crippen LogP contribution is -2.34. The van der Waals surface area contributed by atoms with Crippen LogP contribution < -0.4 is 5.32 Å². The minimum absolute atomic E-state index is 0.190. The van der Waals surface area contributed by atoms with Crippen LogP contribution in [0.2, 0.25) is 0 Å². The molecule has 0 saturated heterocycles. The van der Waals surface area contributed by atoms with E-state index in [2.05, 4.69) is 51.2 Å². The van der Waals surface area contributed by atoms with E-state index in [9.17, 15) is 5.11 Å². The highest BCUT2D eigenvalue weighted by atomic mass is 16.3. The van der Waals surface area contributed by atoms with Crippen LogP contribution in [0.15, 0.2) is 18.2 Å². The van der Waals surface area contributed by atoms with E-state index in [1.54, 1.807) is 0 Å². The fourth-order valence-electron chi connectivity index (χ4n) is 1.97. The average Bonchev–Trinajstić information content (AvgIpc) is 2.28. The van der Waals surface area contributed by atoms with Gasteiger partial charge < -0.3 is 10.4 Å². The Bertz CT molecular complexity index is 332. The molecule has 0 fully saturated rings. The summed E-state index contributed by atoms with van der Waals surface area (Å²) in [6.07, 6.45) is 0.950. The molecule has 2 heteroatoms. The maximum Gasteiger partial charge on any atom is 0.0584 e. The third-order valence-corrected chi connectivity index (χ3v) is 3.10. The molecule has 1 rings (SSSR count). The molecular formula is C14H23NO. The van der Waals surface area contributed by atoms with Crippen molar-refractivity contribution in [3.8, 4) is 0 Å². The maximum atomic E-state index is 9.18. The van der Waals surface area contributed by atoms with E-state index < -0.39 is 0 Å². The van der Waals surface area contributed by atoms with Gasteiger partial charge in [0.2, 0.25) is 0 Å². The summed E-state index contributed by atoms with van der Waals surface area (Å²) in [6, 6.07) is 6.99. The maximum absolute atomic E-state index is 9.18. The monoisotopic (exact) mass is 221 g/mol. The van der Waals surface area contributed by atoms with Crippen molar-refractivity contribution in [2.24, 2.45) is 0 Å². The number of aliphatic hydroxyl groups is 1. The summed E-state index contributed by atoms with van der Waals surface area (Å²) in [4.78, 5) is 0. The fraction of sp³-hybridized carbons (Fsp3) is 0.571. The first-order valence-electron chi connectivity index (χ1n) is 6.02. The third kappa shape index (κ3) is 3.32. The van der Waals surface area contributed by atoms with Crippen molar-refractivity contribution in [1.29, 1.82) is 0 Å². The Morgan fingerprint density at radius 2 is 2.00 bits per heavy atom. The van der Waals surface area contributed by atoms with E-state index in [0.29, 0.717) is 0 Å². The number of aryl methyl sites for hydroxylation is 2. The van der Waals surface area contributed by atoms with Crippen molar-refractivity contribution in [3.63, 3.8) is 0 Å². The van der Waals surface area contributed by atoms with Gasteiger partial charge in [-0.05, 0) is 38.3 Å². The number of nitrogens with one attached hydrogen (secondary N) is 1. The molecule has 0 aliphatic heterocycles. The summed E-state index contributed by atoms with van der Waals surface area (Å²) in [5.74, 6) is 0. The van der Waals surface area contributed by atoms with E-state index in [1.807, 2.05) is 0 Å². The van der Waals surface area contributed by atoms with Crippen molar-refractivity contribution >= 4 is 0 Å². The summed E-state index contributed by atoms with van der Waals surface area (Å²) in [5, 5.41) is 12.6. The molecule has 0 saturated carbocycles. The topological polar surface area (TPSA) is 32.3 Å². The van der Waals surface area contributed by atoms with Gasteiger partial charge in [0.25, 0.3) is 0 Å². The summed E-state index contributed by atoms with van der Waals surface area (Å²) >= 11 is 0. The highest BCUT2D eigenvalue weighted by Gasteiger charge is 2.12. The Labute approximate surface area is 98.7 Å². The minimum atomic E-state index is 0.190. The van der Waals surface area contributed by atoms with Crippen LogP contribution in [0, 0.1) is 13.8 Å². The molecule has 2 N–H and O–H groups in total. The van der Waals surface area contributed by atoms with Gasteiger partial charge in [-0.25, -0.2) is 0 Å². The third-order valence-electron chi connectivity index (χ3n) is 3.10. The van der Waals surface area contributed by atoms with Crippen molar-refractivity contribution in [2.45, 2.75) is 46.2 Å². The molecule has 1 unspecified atom stereocenters. The minimum Gasteiger partial charge on any atom is -0.395 e. The van der Waals surface area contributed by atoms with E-state index in [4.69, 9.17) is 0 Å². The van der Waals surface area contributed by atoms with Gasteiger partial charge in [-0.15, -0.1) is 0 Å². The summed E-state index contributed by atoms with van der Waals surface area (Å²) < 4.78 is 0. The van der Waals surface area contributed by atoms with Crippen LogP contribution in [0.3, 0.4) is 0 Å². The zero-order chi connectivity index (χ0) is 12.1. The first-order valence-corrected chi connectivity index (χ1v) is 6.02. The molecule has 16 heavy (non-hydrogen) atoms. The van der Waals surface area contributed by atoms with Crippen molar-refractivity contribution < 1.29 is 5.11 Å². The smallest absolute Gasteiger partial charge is 0.0584 e. The molecule has 0 aromatic heterocycles. The Morgan fingerprint density at radius 1 is 1.31 bits per heavy atom. The molecule has 0 amide bonds. The van der Waals surface area contributed by atoms with Gasteiger partial charge in [-0.2, -0.15) is 0 Å². The number of benzene rings is 1. The lowest BCUT2D eigenvalue weighted by Gasteiger charge is -2.22. The van der Waals surface area contributed by atoms with Crippen LogP contribution >= 0.6 is 0 Å². The molecule has 0 heterocycles. The standard InChI is InChI=1S/C14H23NO/c1-5-13(9-16)15-12(4)14-8-10(2)6-7-11(14)3/h6-8,12-13,15-16H,5,9H2,1-4H3/t12?,13-/m0/s1. The van der Waals surface area contributed by atoms with E-state index >= 15 is 0 Å². The van der Waals surface area contributed by atoms with E-state index in [-0.39, 0.29) is 18.7 Å². The Balaban J connectivity index is 2.79. The number of rotatable bonds is 5. The Morgan fingerprint density at radius 3 is 2.56 bits per heavy atom. The molecular weight excluding hydrogens is 198 g/mol. The second kappa shape index (κ2) is 6.02. The summed E-state index contributed by atoms with van der Waals surface area (Å²) in [6.45, 7) is 8.68. The van der Waals surface area contributed by atoms with Crippen LogP contribution in [0.4, 0.5) is 0 Å². The van der Waals surface area contributed by atoms with Crippen LogP contribution in [0.5, 0.6) is 0 Å². The first kappa shape index (κ1) is 13.2. The van der Waals surface area contributed by atoms with Gasteiger partial charge in [0.15, 0.2) is 0 Å². The molecule has 1 aromatic carbocycles. The van der Waals surface area contributed by atoms with Crippen LogP contribution in [0.1, 0.15) is 43.0 Å². The lowest BCUT2D eigenvalue weighted by atomic mass is 9.99. The van der Waals surface area contributed by atoms with Crippen molar-refractivity contribution in [1.82, 2.24) is 5.32 Å². The number of hydrogen-bond acceptors (Lipinski definition) is 2. The first-order chi connectivity index (χ1) is 7.58. The highest BCUT2D eigenvalue weighted by Crippen LogP contribution is 2.19. The molecule has 0 aliphatic rings. The molecule has 0 radical (unpaired) electrons.